The van der Waals surface area contributed by atoms with E-state index < -0.39 is 11.8 Å². The first-order valence-corrected chi connectivity index (χ1v) is 5.59. The van der Waals surface area contributed by atoms with Crippen LogP contribution in [0.4, 0.5) is 4.79 Å². The van der Waals surface area contributed by atoms with E-state index in [2.05, 4.69) is 4.74 Å². The molecule has 0 saturated heterocycles. The molecular formula is C13H16O3. The summed E-state index contributed by atoms with van der Waals surface area (Å²) in [5.74, 6) is 0. The molecule has 0 unspecified atom stereocenters. The van der Waals surface area contributed by atoms with Crippen LogP contribution in [0, 0.1) is 0 Å². The molecular weight excluding hydrogens is 204 g/mol. The highest BCUT2D eigenvalue weighted by Crippen LogP contribution is 2.42. The van der Waals surface area contributed by atoms with Crippen LogP contribution in [0.25, 0.3) is 0 Å². The zero-order valence-corrected chi connectivity index (χ0v) is 9.44. The molecule has 16 heavy (non-hydrogen) atoms. The lowest BCUT2D eigenvalue weighted by molar-refractivity contribution is -0.0277. The van der Waals surface area contributed by atoms with Gasteiger partial charge >= 0.3 is 6.16 Å². The van der Waals surface area contributed by atoms with E-state index in [4.69, 9.17) is 4.74 Å². The molecule has 0 bridgehead atoms. The molecule has 1 fully saturated rings. The Hall–Kier alpha value is -1.51. The van der Waals surface area contributed by atoms with Gasteiger partial charge in [-0.3, -0.25) is 0 Å². The van der Waals surface area contributed by atoms with E-state index in [9.17, 15) is 4.79 Å². The third kappa shape index (κ3) is 2.03. The second-order valence-electron chi connectivity index (χ2n) is 4.12. The Morgan fingerprint density at radius 2 is 1.81 bits per heavy atom. The van der Waals surface area contributed by atoms with Gasteiger partial charge in [-0.15, -0.1) is 0 Å². The molecule has 0 amide bonds. The quantitative estimate of drug-likeness (QED) is 0.718. The molecule has 1 aliphatic rings. The summed E-state index contributed by atoms with van der Waals surface area (Å²) >= 11 is 0. The Kier molecular flexibility index (Phi) is 3.13. The van der Waals surface area contributed by atoms with Gasteiger partial charge in [0.2, 0.25) is 0 Å². The molecule has 1 aliphatic carbocycles. The summed E-state index contributed by atoms with van der Waals surface area (Å²) in [6.45, 7) is 0. The average Bonchev–Trinajstić information content (AvgIpc) is 2.80. The van der Waals surface area contributed by atoms with Crippen LogP contribution in [0.5, 0.6) is 0 Å². The molecule has 2 rings (SSSR count). The first-order valence-electron chi connectivity index (χ1n) is 5.59. The Balaban J connectivity index is 2.25. The predicted octanol–water partition coefficient (Wildman–Crippen LogP) is 3.24. The number of ether oxygens (including phenoxy) is 2. The van der Waals surface area contributed by atoms with Crippen LogP contribution in [-0.2, 0) is 15.1 Å². The van der Waals surface area contributed by atoms with Crippen LogP contribution in [0.3, 0.4) is 0 Å². The summed E-state index contributed by atoms with van der Waals surface area (Å²) in [5, 5.41) is 0. The number of hydrogen-bond donors (Lipinski definition) is 0. The topological polar surface area (TPSA) is 35.5 Å². The number of methoxy groups -OCH3 is 1. The normalized spacial score (nSPS) is 18.1. The van der Waals surface area contributed by atoms with Crippen LogP contribution >= 0.6 is 0 Å². The second kappa shape index (κ2) is 4.56. The summed E-state index contributed by atoms with van der Waals surface area (Å²) < 4.78 is 10.1. The van der Waals surface area contributed by atoms with Gasteiger partial charge in [-0.1, -0.05) is 30.3 Å². The highest BCUT2D eigenvalue weighted by Gasteiger charge is 2.39. The van der Waals surface area contributed by atoms with Gasteiger partial charge in [0.1, 0.15) is 5.60 Å². The zero-order chi connectivity index (χ0) is 11.4. The van der Waals surface area contributed by atoms with Crippen molar-refractivity contribution in [3.8, 4) is 0 Å². The van der Waals surface area contributed by atoms with Crippen LogP contribution in [0.15, 0.2) is 30.3 Å². The maximum atomic E-state index is 11.3. The molecule has 0 atom stereocenters. The Morgan fingerprint density at radius 1 is 1.19 bits per heavy atom. The van der Waals surface area contributed by atoms with E-state index >= 15 is 0 Å². The van der Waals surface area contributed by atoms with E-state index in [1.807, 2.05) is 30.3 Å². The molecule has 1 saturated carbocycles. The summed E-state index contributed by atoms with van der Waals surface area (Å²) in [5.41, 5.74) is 0.604. The van der Waals surface area contributed by atoms with Crippen LogP contribution in [0.2, 0.25) is 0 Å². The first kappa shape index (κ1) is 11.0. The van der Waals surface area contributed by atoms with Gasteiger partial charge in [-0.25, -0.2) is 4.79 Å². The number of hydrogen-bond acceptors (Lipinski definition) is 3. The van der Waals surface area contributed by atoms with Gasteiger partial charge in [-0.05, 0) is 31.2 Å². The van der Waals surface area contributed by atoms with Gasteiger partial charge in [0.25, 0.3) is 0 Å². The highest BCUT2D eigenvalue weighted by atomic mass is 16.7. The number of carbonyl (C=O) groups excluding carboxylic acids is 1. The number of rotatable bonds is 2. The molecule has 3 nitrogen and oxygen atoms in total. The maximum absolute atomic E-state index is 11.3. The Morgan fingerprint density at radius 3 is 2.38 bits per heavy atom. The minimum absolute atomic E-state index is 0.464. The van der Waals surface area contributed by atoms with Crippen molar-refractivity contribution in [3.05, 3.63) is 35.9 Å². The van der Waals surface area contributed by atoms with Crippen molar-refractivity contribution >= 4 is 6.16 Å². The van der Waals surface area contributed by atoms with Crippen molar-refractivity contribution < 1.29 is 14.3 Å². The lowest BCUT2D eigenvalue weighted by atomic mass is 9.92. The van der Waals surface area contributed by atoms with Gasteiger partial charge in [-0.2, -0.15) is 0 Å². The van der Waals surface area contributed by atoms with Crippen LogP contribution in [-0.4, -0.2) is 13.3 Å². The SMILES string of the molecule is COC(=O)OC1(c2ccccc2)CCCC1. The van der Waals surface area contributed by atoms with Crippen molar-refractivity contribution in [1.29, 1.82) is 0 Å². The monoisotopic (exact) mass is 220 g/mol. The molecule has 1 aromatic rings. The van der Waals surface area contributed by atoms with Gasteiger partial charge < -0.3 is 9.47 Å². The van der Waals surface area contributed by atoms with E-state index in [0.29, 0.717) is 0 Å². The maximum Gasteiger partial charge on any atom is 0.508 e. The van der Waals surface area contributed by atoms with Crippen molar-refractivity contribution in [2.45, 2.75) is 31.3 Å². The minimum atomic E-state index is -0.592. The fraction of sp³-hybridized carbons (Fsp3) is 0.462. The Labute approximate surface area is 95.4 Å². The summed E-state index contributed by atoms with van der Waals surface area (Å²) in [7, 11) is 1.34. The van der Waals surface area contributed by atoms with Crippen molar-refractivity contribution in [3.63, 3.8) is 0 Å². The van der Waals surface area contributed by atoms with E-state index in [1.54, 1.807) is 0 Å². The van der Waals surface area contributed by atoms with Crippen LogP contribution in [0.1, 0.15) is 31.2 Å². The lowest BCUT2D eigenvalue weighted by Gasteiger charge is -2.28. The lowest BCUT2D eigenvalue weighted by Crippen LogP contribution is -2.29. The minimum Gasteiger partial charge on any atom is -0.438 e. The van der Waals surface area contributed by atoms with Crippen molar-refractivity contribution in [2.24, 2.45) is 0 Å². The summed E-state index contributed by atoms with van der Waals surface area (Å²) in [6.07, 6.45) is 3.35. The molecule has 0 aromatic heterocycles. The first-order chi connectivity index (χ1) is 7.77. The van der Waals surface area contributed by atoms with E-state index in [0.717, 1.165) is 31.2 Å². The summed E-state index contributed by atoms with van der Waals surface area (Å²) in [4.78, 5) is 11.3. The molecule has 0 radical (unpaired) electrons. The fourth-order valence-corrected chi connectivity index (χ4v) is 2.34. The molecule has 0 N–H and O–H groups in total. The zero-order valence-electron chi connectivity index (χ0n) is 9.44. The second-order valence-corrected chi connectivity index (χ2v) is 4.12. The molecule has 86 valence electrons. The molecule has 0 aliphatic heterocycles. The highest BCUT2D eigenvalue weighted by molar-refractivity contribution is 5.60. The number of carbonyl (C=O) groups is 1. The summed E-state index contributed by atoms with van der Waals surface area (Å²) in [6, 6.07) is 9.92. The predicted molar refractivity (Wildman–Crippen MR) is 60.1 cm³/mol. The Bertz CT molecular complexity index is 353. The molecule has 0 heterocycles. The molecule has 0 spiro atoms. The third-order valence-corrected chi connectivity index (χ3v) is 3.16. The molecule has 1 aromatic carbocycles. The van der Waals surface area contributed by atoms with Gasteiger partial charge in [0.15, 0.2) is 0 Å². The van der Waals surface area contributed by atoms with Crippen molar-refractivity contribution in [1.82, 2.24) is 0 Å². The molecule has 3 heteroatoms. The van der Waals surface area contributed by atoms with Crippen LogP contribution < -0.4 is 0 Å². The van der Waals surface area contributed by atoms with Gasteiger partial charge in [0.05, 0.1) is 7.11 Å². The fourth-order valence-electron chi connectivity index (χ4n) is 2.34. The third-order valence-electron chi connectivity index (χ3n) is 3.16. The van der Waals surface area contributed by atoms with E-state index in [-0.39, 0.29) is 0 Å². The van der Waals surface area contributed by atoms with Crippen molar-refractivity contribution in [2.75, 3.05) is 7.11 Å². The smallest absolute Gasteiger partial charge is 0.438 e. The average molecular weight is 220 g/mol. The largest absolute Gasteiger partial charge is 0.508 e. The standard InChI is InChI=1S/C13H16O3/c1-15-12(14)16-13(9-5-6-10-13)11-7-3-2-4-8-11/h2-4,7-8H,5-6,9-10H2,1H3. The van der Waals surface area contributed by atoms with Gasteiger partial charge in [0, 0.05) is 0 Å². The number of benzene rings is 1. The van der Waals surface area contributed by atoms with E-state index in [1.165, 1.54) is 7.11 Å².